The van der Waals surface area contributed by atoms with Crippen LogP contribution in [0.2, 0.25) is 0 Å². The van der Waals surface area contributed by atoms with Crippen LogP contribution in [0.1, 0.15) is 60.7 Å². The van der Waals surface area contributed by atoms with Gasteiger partial charge in [-0.05, 0) is 49.8 Å². The maximum absolute atomic E-state index is 14.3. The monoisotopic (exact) mass is 673 g/mol. The highest BCUT2D eigenvalue weighted by Crippen LogP contribution is 2.23. The van der Waals surface area contributed by atoms with Crippen molar-refractivity contribution in [3.63, 3.8) is 0 Å². The molecule has 2 saturated heterocycles. The molecule has 15 heteroatoms. The number of fused-ring (bicyclic) bond motifs is 2. The van der Waals surface area contributed by atoms with E-state index >= 15 is 0 Å². The normalized spacial score (nSPS) is 22.9. The molecule has 5 rings (SSSR count). The molecule has 2 aliphatic heterocycles. The van der Waals surface area contributed by atoms with Crippen molar-refractivity contribution < 1.29 is 38.6 Å². The fraction of sp³-hybridized carbons (Fsp3) is 0.412. The molecule has 258 valence electrons. The van der Waals surface area contributed by atoms with Gasteiger partial charge in [0, 0.05) is 32.7 Å². The van der Waals surface area contributed by atoms with Gasteiger partial charge in [0.05, 0.1) is 17.2 Å². The van der Waals surface area contributed by atoms with E-state index in [1.807, 2.05) is 0 Å². The molecule has 0 bridgehead atoms. The van der Waals surface area contributed by atoms with Crippen molar-refractivity contribution in [2.24, 2.45) is 0 Å². The molecular weight excluding hydrogens is 634 g/mol. The molecule has 0 saturated carbocycles. The molecule has 2 aliphatic rings. The summed E-state index contributed by atoms with van der Waals surface area (Å²) in [6, 6.07) is 11.4. The standard InChI is InChI=1S/C34H39N7O8/c1-49-29(20-9-3-2-4-10-20)32(45)39-24-13-7-8-16-35-28(42)15-14-25(34(47)48)40-31(44)27-17-21(19-41(27)33(24)46)37-30(43)26-18-36-22-11-5-6-12-23(22)38-26/h2-6,9-12,18,21,24-25,27,29H,7-8,13-17,19H2,1H3,(H,35,42)(H,37,43)(H,39,45)(H,40,44)(H,47,48)/t21-,24+,25+,27+,29+/m1/s1. The molecule has 2 aromatic carbocycles. The molecule has 5 amide bonds. The summed E-state index contributed by atoms with van der Waals surface area (Å²) >= 11 is 0. The minimum atomic E-state index is -1.40. The zero-order valence-corrected chi connectivity index (χ0v) is 27.0. The lowest BCUT2D eigenvalue weighted by Gasteiger charge is -2.30. The van der Waals surface area contributed by atoms with Crippen molar-refractivity contribution in [1.82, 2.24) is 36.1 Å². The third-order valence-corrected chi connectivity index (χ3v) is 8.61. The first-order valence-electron chi connectivity index (χ1n) is 16.2. The fourth-order valence-corrected chi connectivity index (χ4v) is 6.08. The van der Waals surface area contributed by atoms with Crippen LogP contribution in [0.25, 0.3) is 11.0 Å². The summed E-state index contributed by atoms with van der Waals surface area (Å²) in [7, 11) is 1.38. The van der Waals surface area contributed by atoms with Crippen LogP contribution in [0, 0.1) is 0 Å². The number of rotatable bonds is 7. The Hall–Kier alpha value is -5.44. The molecule has 3 aromatic rings. The van der Waals surface area contributed by atoms with Crippen molar-refractivity contribution in [3.05, 3.63) is 72.1 Å². The van der Waals surface area contributed by atoms with E-state index in [0.717, 1.165) is 0 Å². The number of carboxylic acid groups (broad SMARTS) is 1. The number of methoxy groups -OCH3 is 1. The fourth-order valence-electron chi connectivity index (χ4n) is 6.08. The highest BCUT2D eigenvalue weighted by molar-refractivity contribution is 5.96. The van der Waals surface area contributed by atoms with Gasteiger partial charge in [0.1, 0.15) is 23.8 Å². The predicted molar refractivity (Wildman–Crippen MR) is 175 cm³/mol. The van der Waals surface area contributed by atoms with E-state index in [-0.39, 0.29) is 50.4 Å². The van der Waals surface area contributed by atoms with Crippen LogP contribution in [0.4, 0.5) is 0 Å². The lowest BCUT2D eigenvalue weighted by atomic mass is 10.0. The van der Waals surface area contributed by atoms with Gasteiger partial charge >= 0.3 is 5.97 Å². The number of nitrogens with zero attached hydrogens (tertiary/aromatic N) is 3. The first-order valence-corrected chi connectivity index (χ1v) is 16.2. The number of ether oxygens (including phenoxy) is 1. The van der Waals surface area contributed by atoms with Crippen molar-refractivity contribution in [3.8, 4) is 0 Å². The summed E-state index contributed by atoms with van der Waals surface area (Å²) in [6.07, 6.45) is 1.07. The Bertz CT molecular complexity index is 1700. The van der Waals surface area contributed by atoms with Crippen LogP contribution in [0.3, 0.4) is 0 Å². The van der Waals surface area contributed by atoms with Gasteiger partial charge in [-0.15, -0.1) is 0 Å². The third-order valence-electron chi connectivity index (χ3n) is 8.61. The minimum absolute atomic E-state index is 0.0392. The molecule has 1 aromatic heterocycles. The van der Waals surface area contributed by atoms with Crippen molar-refractivity contribution >= 4 is 46.5 Å². The summed E-state index contributed by atoms with van der Waals surface area (Å²) < 4.78 is 5.47. The number of carboxylic acids is 1. The van der Waals surface area contributed by atoms with E-state index in [1.165, 1.54) is 18.2 Å². The first-order chi connectivity index (χ1) is 23.6. The van der Waals surface area contributed by atoms with Crippen LogP contribution >= 0.6 is 0 Å². The Kier molecular flexibility index (Phi) is 11.5. The number of para-hydroxylation sites is 2. The van der Waals surface area contributed by atoms with E-state index in [9.17, 15) is 33.9 Å². The molecule has 0 aliphatic carbocycles. The molecule has 3 heterocycles. The molecule has 15 nitrogen and oxygen atoms in total. The first kappa shape index (κ1) is 34.9. The second-order valence-electron chi connectivity index (χ2n) is 12.0. The number of amides is 5. The minimum Gasteiger partial charge on any atom is -0.480 e. The number of carbonyl (C=O) groups excluding carboxylic acids is 5. The van der Waals surface area contributed by atoms with Gasteiger partial charge in [-0.2, -0.15) is 0 Å². The van der Waals surface area contributed by atoms with Crippen molar-refractivity contribution in [2.75, 3.05) is 20.2 Å². The van der Waals surface area contributed by atoms with Gasteiger partial charge in [-0.3, -0.25) is 29.0 Å². The van der Waals surface area contributed by atoms with Crippen LogP contribution in [0.5, 0.6) is 0 Å². The zero-order valence-electron chi connectivity index (χ0n) is 27.0. The SMILES string of the molecule is CO[C@H](C(=O)N[C@H]1CCCCNC(=O)CC[C@@H](C(=O)O)NC(=O)[C@@H]2C[C@@H](NC(=O)c3cnc4ccccc4n3)CN2C1=O)c1ccccc1. The van der Waals surface area contributed by atoms with Gasteiger partial charge in [-0.25, -0.2) is 9.78 Å². The third kappa shape index (κ3) is 8.73. The number of hydrogen-bond donors (Lipinski definition) is 5. The summed E-state index contributed by atoms with van der Waals surface area (Å²) in [4.78, 5) is 89.1. The van der Waals surface area contributed by atoms with Gasteiger partial charge in [0.25, 0.3) is 11.8 Å². The van der Waals surface area contributed by atoms with Crippen molar-refractivity contribution in [2.45, 2.75) is 68.8 Å². The second-order valence-corrected chi connectivity index (χ2v) is 12.0. The Morgan fingerprint density at radius 1 is 0.980 bits per heavy atom. The van der Waals surface area contributed by atoms with E-state index < -0.39 is 59.9 Å². The number of hydrogen-bond acceptors (Lipinski definition) is 9. The van der Waals surface area contributed by atoms with Crippen LogP contribution in [-0.4, -0.2) is 99.8 Å². The largest absolute Gasteiger partial charge is 0.480 e. The van der Waals surface area contributed by atoms with Gasteiger partial charge in [0.15, 0.2) is 6.10 Å². The van der Waals surface area contributed by atoms with Gasteiger partial charge in [0.2, 0.25) is 17.7 Å². The molecule has 49 heavy (non-hydrogen) atoms. The zero-order chi connectivity index (χ0) is 34.9. The molecule has 0 unspecified atom stereocenters. The number of aliphatic carboxylic acids is 1. The molecule has 0 radical (unpaired) electrons. The average molecular weight is 674 g/mol. The lowest BCUT2D eigenvalue weighted by molar-refractivity contribution is -0.145. The molecule has 5 atom stereocenters. The Balaban J connectivity index is 1.41. The van der Waals surface area contributed by atoms with E-state index in [1.54, 1.807) is 54.6 Å². The summed E-state index contributed by atoms with van der Waals surface area (Å²) in [5, 5.41) is 20.6. The van der Waals surface area contributed by atoms with E-state index in [0.29, 0.717) is 29.4 Å². The quantitative estimate of drug-likeness (QED) is 0.239. The Morgan fingerprint density at radius 3 is 2.45 bits per heavy atom. The van der Waals surface area contributed by atoms with Crippen LogP contribution < -0.4 is 21.3 Å². The maximum atomic E-state index is 14.3. The Morgan fingerprint density at radius 2 is 1.71 bits per heavy atom. The molecular formula is C34H39N7O8. The molecule has 0 spiro atoms. The number of nitrogens with one attached hydrogen (secondary N) is 4. The highest BCUT2D eigenvalue weighted by atomic mass is 16.5. The lowest BCUT2D eigenvalue weighted by Crippen LogP contribution is -2.55. The van der Waals surface area contributed by atoms with E-state index in [2.05, 4.69) is 31.2 Å². The Labute approximate surface area is 282 Å². The summed E-state index contributed by atoms with van der Waals surface area (Å²) in [5.41, 5.74) is 1.74. The summed E-state index contributed by atoms with van der Waals surface area (Å²) in [5.74, 6) is -4.18. The topological polar surface area (TPSA) is 209 Å². The maximum Gasteiger partial charge on any atom is 0.326 e. The molecule has 5 N–H and O–H groups in total. The van der Waals surface area contributed by atoms with Gasteiger partial charge < -0.3 is 36.0 Å². The van der Waals surface area contributed by atoms with Crippen LogP contribution in [-0.2, 0) is 28.7 Å². The number of carbonyl (C=O) groups is 6. The predicted octanol–water partition coefficient (Wildman–Crippen LogP) is 0.851. The van der Waals surface area contributed by atoms with E-state index in [4.69, 9.17) is 4.74 Å². The van der Waals surface area contributed by atoms with Crippen molar-refractivity contribution in [1.29, 1.82) is 0 Å². The summed E-state index contributed by atoms with van der Waals surface area (Å²) in [6.45, 7) is 0.181. The smallest absolute Gasteiger partial charge is 0.326 e. The van der Waals surface area contributed by atoms with Crippen LogP contribution in [0.15, 0.2) is 60.8 Å². The number of benzene rings is 2. The highest BCUT2D eigenvalue weighted by Gasteiger charge is 2.44. The molecule has 2 fully saturated rings. The average Bonchev–Trinajstić information content (AvgIpc) is 3.52. The van der Waals surface area contributed by atoms with Gasteiger partial charge in [-0.1, -0.05) is 42.5 Å². The number of aromatic nitrogens is 2. The second kappa shape index (κ2) is 16.1.